The van der Waals surface area contributed by atoms with Crippen LogP contribution in [-0.4, -0.2) is 56.6 Å². The Bertz CT molecular complexity index is 1180. The second kappa shape index (κ2) is 11.1. The Hall–Kier alpha value is -3.14. The van der Waals surface area contributed by atoms with E-state index in [2.05, 4.69) is 5.32 Å². The molecule has 8 nitrogen and oxygen atoms in total. The molecule has 0 aliphatic rings. The predicted molar refractivity (Wildman–Crippen MR) is 134 cm³/mol. The quantitative estimate of drug-likeness (QED) is 0.562. The minimum Gasteiger partial charge on any atom is -0.495 e. The van der Waals surface area contributed by atoms with Gasteiger partial charge < -0.3 is 15.0 Å². The minimum atomic E-state index is -3.92. The monoisotopic (exact) mass is 507 g/mol. The maximum absolute atomic E-state index is 14.4. The number of ether oxygens (including phenoxy) is 1. The molecule has 192 valence electrons. The summed E-state index contributed by atoms with van der Waals surface area (Å²) in [6.07, 6.45) is 0.985. The number of carbonyl (C=O) groups excluding carboxylic acids is 2. The lowest BCUT2D eigenvalue weighted by atomic mass is 10.1. The second-order valence-electron chi connectivity index (χ2n) is 9.47. The SMILES string of the molecule is COc1ccc(C)cc1N(CC(=O)N(Cc1ccccc1F)C(C)C(=O)NC(C)(C)C)S(C)(=O)=O. The molecule has 1 atom stereocenters. The van der Waals surface area contributed by atoms with Gasteiger partial charge in [0.1, 0.15) is 24.2 Å². The van der Waals surface area contributed by atoms with Crippen LogP contribution in [0, 0.1) is 12.7 Å². The van der Waals surface area contributed by atoms with Gasteiger partial charge in [0, 0.05) is 17.6 Å². The van der Waals surface area contributed by atoms with Gasteiger partial charge in [-0.15, -0.1) is 0 Å². The smallest absolute Gasteiger partial charge is 0.244 e. The molecule has 0 spiro atoms. The lowest BCUT2D eigenvalue weighted by molar-refractivity contribution is -0.140. The average Bonchev–Trinajstić information content (AvgIpc) is 2.74. The topological polar surface area (TPSA) is 96.0 Å². The van der Waals surface area contributed by atoms with Crippen molar-refractivity contribution in [1.29, 1.82) is 0 Å². The minimum absolute atomic E-state index is 0.195. The number of nitrogens with zero attached hydrogens (tertiary/aromatic N) is 2. The highest BCUT2D eigenvalue weighted by molar-refractivity contribution is 7.92. The van der Waals surface area contributed by atoms with Crippen molar-refractivity contribution < 1.29 is 27.1 Å². The molecule has 2 rings (SSSR count). The zero-order valence-electron chi connectivity index (χ0n) is 21.3. The number of halogens is 1. The summed E-state index contributed by atoms with van der Waals surface area (Å²) >= 11 is 0. The van der Waals surface area contributed by atoms with Gasteiger partial charge in [0.2, 0.25) is 21.8 Å². The number of hydrogen-bond donors (Lipinski definition) is 1. The average molecular weight is 508 g/mol. The van der Waals surface area contributed by atoms with Crippen molar-refractivity contribution in [2.45, 2.75) is 52.7 Å². The van der Waals surface area contributed by atoms with E-state index in [9.17, 15) is 22.4 Å². The summed E-state index contributed by atoms with van der Waals surface area (Å²) in [6.45, 7) is 7.90. The highest BCUT2D eigenvalue weighted by atomic mass is 32.2. The zero-order valence-corrected chi connectivity index (χ0v) is 22.1. The molecule has 2 aromatic carbocycles. The molecule has 10 heteroatoms. The highest BCUT2D eigenvalue weighted by Crippen LogP contribution is 2.31. The third-order valence-corrected chi connectivity index (χ3v) is 6.37. The van der Waals surface area contributed by atoms with Gasteiger partial charge in [0.05, 0.1) is 19.1 Å². The highest BCUT2D eigenvalue weighted by Gasteiger charge is 2.32. The number of amides is 2. The van der Waals surface area contributed by atoms with Crippen LogP contribution in [0.2, 0.25) is 0 Å². The Morgan fingerprint density at radius 1 is 1.14 bits per heavy atom. The Kier molecular flexibility index (Phi) is 8.89. The van der Waals surface area contributed by atoms with E-state index in [1.807, 2.05) is 0 Å². The molecule has 0 saturated carbocycles. The molecular formula is C25H34FN3O5S. The Morgan fingerprint density at radius 3 is 2.31 bits per heavy atom. The molecule has 2 aromatic rings. The third kappa shape index (κ3) is 7.68. The number of aryl methyl sites for hydroxylation is 1. The van der Waals surface area contributed by atoms with Gasteiger partial charge in [-0.3, -0.25) is 13.9 Å². The summed E-state index contributed by atoms with van der Waals surface area (Å²) in [4.78, 5) is 27.7. The van der Waals surface area contributed by atoms with E-state index in [1.54, 1.807) is 52.0 Å². The van der Waals surface area contributed by atoms with Crippen LogP contribution >= 0.6 is 0 Å². The first-order valence-corrected chi connectivity index (χ1v) is 13.0. The number of carbonyl (C=O) groups is 2. The fourth-order valence-electron chi connectivity index (χ4n) is 3.46. The first-order valence-electron chi connectivity index (χ1n) is 11.1. The molecule has 0 heterocycles. The van der Waals surface area contributed by atoms with Gasteiger partial charge in [0.15, 0.2) is 0 Å². The van der Waals surface area contributed by atoms with Crippen LogP contribution in [-0.2, 0) is 26.2 Å². The van der Waals surface area contributed by atoms with Crippen LogP contribution in [0.3, 0.4) is 0 Å². The number of rotatable bonds is 9. The van der Waals surface area contributed by atoms with Gasteiger partial charge in [-0.1, -0.05) is 24.3 Å². The third-order valence-electron chi connectivity index (χ3n) is 5.25. The van der Waals surface area contributed by atoms with E-state index in [0.717, 1.165) is 16.1 Å². The normalized spacial score (nSPS) is 12.6. The van der Waals surface area contributed by atoms with Crippen molar-refractivity contribution in [2.75, 3.05) is 24.2 Å². The second-order valence-corrected chi connectivity index (χ2v) is 11.4. The molecule has 0 aliphatic heterocycles. The van der Waals surface area contributed by atoms with E-state index >= 15 is 0 Å². The molecular weight excluding hydrogens is 473 g/mol. The van der Waals surface area contributed by atoms with Gasteiger partial charge in [-0.05, 0) is 58.4 Å². The molecule has 1 N–H and O–H groups in total. The Labute approximate surface area is 207 Å². The van der Waals surface area contributed by atoms with Crippen LogP contribution in [0.15, 0.2) is 42.5 Å². The summed E-state index contributed by atoms with van der Waals surface area (Å²) in [5.41, 5.74) is 0.602. The molecule has 0 bridgehead atoms. The van der Waals surface area contributed by atoms with Gasteiger partial charge in [0.25, 0.3) is 0 Å². The standard InChI is InChI=1S/C25H34FN3O5S/c1-17-12-13-22(34-6)21(14-17)29(35(7,32)33)16-23(30)28(15-19-10-8-9-11-20(19)26)18(2)24(31)27-25(3,4)5/h8-14,18H,15-16H2,1-7H3,(H,27,31). The lowest BCUT2D eigenvalue weighted by Crippen LogP contribution is -2.54. The summed E-state index contributed by atoms with van der Waals surface area (Å²) < 4.78 is 46.2. The number of anilines is 1. The van der Waals surface area contributed by atoms with E-state index < -0.39 is 45.8 Å². The fraction of sp³-hybridized carbons (Fsp3) is 0.440. The van der Waals surface area contributed by atoms with Crippen LogP contribution in [0.4, 0.5) is 10.1 Å². The van der Waals surface area contributed by atoms with Crippen molar-refractivity contribution >= 4 is 27.5 Å². The van der Waals surface area contributed by atoms with Crippen LogP contribution in [0.1, 0.15) is 38.8 Å². The molecule has 0 radical (unpaired) electrons. The summed E-state index contributed by atoms with van der Waals surface area (Å²) in [5, 5.41) is 2.82. The van der Waals surface area contributed by atoms with E-state index in [-0.39, 0.29) is 23.5 Å². The molecule has 35 heavy (non-hydrogen) atoms. The van der Waals surface area contributed by atoms with Crippen molar-refractivity contribution in [3.63, 3.8) is 0 Å². The lowest BCUT2D eigenvalue weighted by Gasteiger charge is -2.33. The van der Waals surface area contributed by atoms with E-state index in [4.69, 9.17) is 4.74 Å². The molecule has 2 amide bonds. The van der Waals surface area contributed by atoms with Gasteiger partial charge >= 0.3 is 0 Å². The van der Waals surface area contributed by atoms with Crippen molar-refractivity contribution in [1.82, 2.24) is 10.2 Å². The van der Waals surface area contributed by atoms with Crippen LogP contribution < -0.4 is 14.4 Å². The fourth-order valence-corrected chi connectivity index (χ4v) is 4.30. The summed E-state index contributed by atoms with van der Waals surface area (Å²) in [7, 11) is -2.52. The summed E-state index contributed by atoms with van der Waals surface area (Å²) in [6, 6.07) is 9.90. The molecule has 0 fully saturated rings. The van der Waals surface area contributed by atoms with Gasteiger partial charge in [-0.25, -0.2) is 12.8 Å². The predicted octanol–water partition coefficient (Wildman–Crippen LogP) is 3.24. The van der Waals surface area contributed by atoms with Crippen molar-refractivity contribution in [3.8, 4) is 5.75 Å². The number of sulfonamides is 1. The summed E-state index contributed by atoms with van der Waals surface area (Å²) in [5.74, 6) is -1.37. The zero-order chi connectivity index (χ0) is 26.6. The van der Waals surface area contributed by atoms with Crippen LogP contribution in [0.25, 0.3) is 0 Å². The number of nitrogens with one attached hydrogen (secondary N) is 1. The van der Waals surface area contributed by atoms with E-state index in [0.29, 0.717) is 0 Å². The Balaban J connectivity index is 2.49. The van der Waals surface area contributed by atoms with Crippen molar-refractivity contribution in [3.05, 3.63) is 59.4 Å². The first kappa shape index (κ1) is 28.1. The maximum atomic E-state index is 14.4. The van der Waals surface area contributed by atoms with Crippen LogP contribution in [0.5, 0.6) is 5.75 Å². The number of benzene rings is 2. The molecule has 0 aromatic heterocycles. The first-order chi connectivity index (χ1) is 16.1. The van der Waals surface area contributed by atoms with Crippen molar-refractivity contribution in [2.24, 2.45) is 0 Å². The Morgan fingerprint density at radius 2 is 1.77 bits per heavy atom. The van der Waals surface area contributed by atoms with Gasteiger partial charge in [-0.2, -0.15) is 0 Å². The number of hydrogen-bond acceptors (Lipinski definition) is 5. The number of methoxy groups -OCH3 is 1. The molecule has 0 saturated heterocycles. The largest absolute Gasteiger partial charge is 0.495 e. The maximum Gasteiger partial charge on any atom is 0.244 e. The molecule has 0 aliphatic carbocycles. The van der Waals surface area contributed by atoms with E-state index in [1.165, 1.54) is 37.1 Å². The molecule has 1 unspecified atom stereocenters.